The Kier molecular flexibility index (Phi) is 5.49. The summed E-state index contributed by atoms with van der Waals surface area (Å²) in [5.74, 6) is -0.447. The van der Waals surface area contributed by atoms with Crippen LogP contribution < -0.4 is 11.0 Å². The average Bonchev–Trinajstić information content (AvgIpc) is 3.26. The van der Waals surface area contributed by atoms with Crippen LogP contribution in [0.5, 0.6) is 0 Å². The number of amides is 1. The SMILES string of the molecule is N#CC1CCCN1C(=O)CNCCn1ccn(-c2ccc(F)cc2)c1=O. The number of benzene rings is 1. The third kappa shape index (κ3) is 3.83. The first-order chi connectivity index (χ1) is 12.6. The van der Waals surface area contributed by atoms with Gasteiger partial charge < -0.3 is 10.2 Å². The predicted octanol–water partition coefficient (Wildman–Crippen LogP) is 0.882. The Labute approximate surface area is 150 Å². The third-order valence-electron chi connectivity index (χ3n) is 4.48. The lowest BCUT2D eigenvalue weighted by molar-refractivity contribution is -0.130. The molecule has 3 rings (SSSR count). The van der Waals surface area contributed by atoms with Crippen molar-refractivity contribution in [3.63, 3.8) is 0 Å². The number of rotatable bonds is 6. The van der Waals surface area contributed by atoms with Crippen LogP contribution in [-0.4, -0.2) is 45.6 Å². The fraction of sp³-hybridized carbons (Fsp3) is 0.389. The van der Waals surface area contributed by atoms with Crippen molar-refractivity contribution in [1.29, 1.82) is 5.26 Å². The molecule has 2 aromatic rings. The second-order valence-corrected chi connectivity index (χ2v) is 6.17. The molecule has 1 aliphatic heterocycles. The van der Waals surface area contributed by atoms with Gasteiger partial charge in [0, 0.05) is 32.0 Å². The fourth-order valence-corrected chi connectivity index (χ4v) is 3.08. The Morgan fingerprint density at radius 2 is 2.08 bits per heavy atom. The van der Waals surface area contributed by atoms with Crippen LogP contribution in [0.2, 0.25) is 0 Å². The Morgan fingerprint density at radius 1 is 1.31 bits per heavy atom. The van der Waals surface area contributed by atoms with Gasteiger partial charge in [0.15, 0.2) is 0 Å². The molecule has 1 aromatic heterocycles. The molecule has 7 nitrogen and oxygen atoms in total. The van der Waals surface area contributed by atoms with E-state index < -0.39 is 0 Å². The monoisotopic (exact) mass is 357 g/mol. The highest BCUT2D eigenvalue weighted by Crippen LogP contribution is 2.15. The highest BCUT2D eigenvalue weighted by Gasteiger charge is 2.27. The Morgan fingerprint density at radius 3 is 2.81 bits per heavy atom. The topological polar surface area (TPSA) is 83.1 Å². The molecule has 1 N–H and O–H groups in total. The summed E-state index contributed by atoms with van der Waals surface area (Å²) in [5.41, 5.74) is 0.365. The smallest absolute Gasteiger partial charge is 0.326 e. The number of aromatic nitrogens is 2. The van der Waals surface area contributed by atoms with Gasteiger partial charge in [-0.15, -0.1) is 0 Å². The molecule has 0 aliphatic carbocycles. The summed E-state index contributed by atoms with van der Waals surface area (Å²) in [4.78, 5) is 26.1. The molecule has 0 bridgehead atoms. The Hall–Kier alpha value is -2.92. The van der Waals surface area contributed by atoms with Crippen LogP contribution >= 0.6 is 0 Å². The van der Waals surface area contributed by atoms with Crippen LogP contribution in [0, 0.1) is 17.1 Å². The summed E-state index contributed by atoms with van der Waals surface area (Å²) < 4.78 is 15.9. The number of likely N-dealkylation sites (tertiary alicyclic amines) is 1. The second-order valence-electron chi connectivity index (χ2n) is 6.17. The number of nitrogens with zero attached hydrogens (tertiary/aromatic N) is 4. The van der Waals surface area contributed by atoms with Crippen LogP contribution in [0.25, 0.3) is 5.69 Å². The number of imidazole rings is 1. The van der Waals surface area contributed by atoms with E-state index >= 15 is 0 Å². The van der Waals surface area contributed by atoms with Gasteiger partial charge in [0.05, 0.1) is 18.3 Å². The standard InChI is InChI=1S/C18H20FN5O2/c19-14-3-5-15(6-4-14)24-11-10-22(18(24)26)9-7-21-13-17(25)23-8-1-2-16(23)12-20/h3-6,10-11,16,21H,1-2,7-9,13H2. The molecule has 1 amide bonds. The summed E-state index contributed by atoms with van der Waals surface area (Å²) in [7, 11) is 0. The van der Waals surface area contributed by atoms with Crippen molar-refractivity contribution in [1.82, 2.24) is 19.4 Å². The maximum Gasteiger partial charge on any atom is 0.332 e. The van der Waals surface area contributed by atoms with Gasteiger partial charge in [-0.2, -0.15) is 5.26 Å². The minimum absolute atomic E-state index is 0.0923. The van der Waals surface area contributed by atoms with E-state index in [1.807, 2.05) is 0 Å². The lowest BCUT2D eigenvalue weighted by atomic mass is 10.2. The number of carbonyl (C=O) groups excluding carboxylic acids is 1. The number of carbonyl (C=O) groups is 1. The van der Waals surface area contributed by atoms with E-state index in [9.17, 15) is 14.0 Å². The summed E-state index contributed by atoms with van der Waals surface area (Å²) in [5, 5.41) is 12.0. The first-order valence-electron chi connectivity index (χ1n) is 8.53. The van der Waals surface area contributed by atoms with Crippen molar-refractivity contribution in [2.45, 2.75) is 25.4 Å². The van der Waals surface area contributed by atoms with Gasteiger partial charge in [-0.05, 0) is 37.1 Å². The fourth-order valence-electron chi connectivity index (χ4n) is 3.08. The van der Waals surface area contributed by atoms with E-state index in [4.69, 9.17) is 5.26 Å². The summed E-state index contributed by atoms with van der Waals surface area (Å²) in [6.07, 6.45) is 4.87. The van der Waals surface area contributed by atoms with Crippen molar-refractivity contribution in [2.75, 3.05) is 19.6 Å². The van der Waals surface area contributed by atoms with E-state index in [0.29, 0.717) is 25.3 Å². The molecule has 26 heavy (non-hydrogen) atoms. The van der Waals surface area contributed by atoms with Gasteiger partial charge in [0.2, 0.25) is 5.91 Å². The maximum absolute atomic E-state index is 13.0. The molecule has 1 saturated heterocycles. The summed E-state index contributed by atoms with van der Waals surface area (Å²) >= 11 is 0. The van der Waals surface area contributed by atoms with Crippen molar-refractivity contribution >= 4 is 5.91 Å². The van der Waals surface area contributed by atoms with Crippen LogP contribution in [0.3, 0.4) is 0 Å². The zero-order valence-corrected chi connectivity index (χ0v) is 14.3. The summed E-state index contributed by atoms with van der Waals surface area (Å²) in [6.45, 7) is 1.62. The molecule has 0 spiro atoms. The zero-order valence-electron chi connectivity index (χ0n) is 14.3. The van der Waals surface area contributed by atoms with Crippen LogP contribution in [0.1, 0.15) is 12.8 Å². The van der Waals surface area contributed by atoms with Crippen molar-refractivity contribution < 1.29 is 9.18 Å². The molecule has 0 radical (unpaired) electrons. The van der Waals surface area contributed by atoms with Crippen LogP contribution in [-0.2, 0) is 11.3 Å². The highest BCUT2D eigenvalue weighted by atomic mass is 19.1. The quantitative estimate of drug-likeness (QED) is 0.778. The number of halogens is 1. The zero-order chi connectivity index (χ0) is 18.5. The number of nitrogens with one attached hydrogen (secondary N) is 1. The minimum atomic E-state index is -0.355. The van der Waals surface area contributed by atoms with Gasteiger partial charge in [-0.25, -0.2) is 9.18 Å². The van der Waals surface area contributed by atoms with E-state index in [1.165, 1.54) is 21.3 Å². The summed E-state index contributed by atoms with van der Waals surface area (Å²) in [6, 6.07) is 7.52. The van der Waals surface area contributed by atoms with Crippen molar-refractivity contribution in [3.05, 3.63) is 53.0 Å². The number of hydrogen-bond donors (Lipinski definition) is 1. The predicted molar refractivity (Wildman–Crippen MR) is 93.2 cm³/mol. The first-order valence-corrected chi connectivity index (χ1v) is 8.53. The van der Waals surface area contributed by atoms with Crippen LogP contribution in [0.15, 0.2) is 41.5 Å². The second kappa shape index (κ2) is 7.97. The molecule has 0 saturated carbocycles. The molecule has 1 unspecified atom stereocenters. The molecule has 1 fully saturated rings. The highest BCUT2D eigenvalue weighted by molar-refractivity contribution is 5.79. The van der Waals surface area contributed by atoms with E-state index in [-0.39, 0.29) is 30.0 Å². The first kappa shape index (κ1) is 17.9. The van der Waals surface area contributed by atoms with Crippen LogP contribution in [0.4, 0.5) is 4.39 Å². The minimum Gasteiger partial charge on any atom is -0.326 e. The molecule has 1 aliphatic rings. The van der Waals surface area contributed by atoms with E-state index in [2.05, 4.69) is 11.4 Å². The van der Waals surface area contributed by atoms with Crippen molar-refractivity contribution in [3.8, 4) is 11.8 Å². The number of nitriles is 1. The van der Waals surface area contributed by atoms with Gasteiger partial charge in [0.1, 0.15) is 11.9 Å². The largest absolute Gasteiger partial charge is 0.332 e. The maximum atomic E-state index is 13.0. The molecule has 1 aromatic carbocycles. The molecule has 2 heterocycles. The Bertz CT molecular complexity index is 865. The van der Waals surface area contributed by atoms with Gasteiger partial charge >= 0.3 is 5.69 Å². The number of hydrogen-bond acceptors (Lipinski definition) is 4. The molecular weight excluding hydrogens is 337 g/mol. The molecule has 8 heteroatoms. The van der Waals surface area contributed by atoms with Crippen molar-refractivity contribution in [2.24, 2.45) is 0 Å². The average molecular weight is 357 g/mol. The third-order valence-corrected chi connectivity index (χ3v) is 4.48. The van der Waals surface area contributed by atoms with E-state index in [1.54, 1.807) is 29.4 Å². The molecular formula is C18H20FN5O2. The van der Waals surface area contributed by atoms with Gasteiger partial charge in [0.25, 0.3) is 0 Å². The van der Waals surface area contributed by atoms with Gasteiger partial charge in [-0.1, -0.05) is 0 Å². The van der Waals surface area contributed by atoms with Gasteiger partial charge in [-0.3, -0.25) is 13.9 Å². The molecule has 1 atom stereocenters. The van der Waals surface area contributed by atoms with E-state index in [0.717, 1.165) is 12.8 Å². The Balaban J connectivity index is 1.51. The normalized spacial score (nSPS) is 16.6. The lowest BCUT2D eigenvalue weighted by Crippen LogP contribution is -2.41. The lowest BCUT2D eigenvalue weighted by Gasteiger charge is -2.19. The molecule has 136 valence electrons.